The summed E-state index contributed by atoms with van der Waals surface area (Å²) in [7, 11) is -3.54. The lowest BCUT2D eigenvalue weighted by molar-refractivity contribution is -0.127. The Hall–Kier alpha value is -2.61. The summed E-state index contributed by atoms with van der Waals surface area (Å²) >= 11 is 0. The monoisotopic (exact) mass is 378 g/mol. The molecule has 0 saturated heterocycles. The molecule has 0 unspecified atom stereocenters. The largest absolute Gasteiger partial charge is 0.476 e. The fraction of sp³-hybridized carbons (Fsp3) is 0.278. The summed E-state index contributed by atoms with van der Waals surface area (Å²) in [6.45, 7) is 1.65. The minimum Gasteiger partial charge on any atom is -0.476 e. The van der Waals surface area contributed by atoms with Crippen molar-refractivity contribution in [2.45, 2.75) is 19.6 Å². The molecule has 0 radical (unpaired) electrons. The molecule has 8 heteroatoms. The maximum Gasteiger partial charge on any atom is 0.263 e. The van der Waals surface area contributed by atoms with E-state index in [1.807, 2.05) is 0 Å². The van der Waals surface area contributed by atoms with Gasteiger partial charge in [0.25, 0.3) is 5.91 Å². The van der Waals surface area contributed by atoms with Crippen LogP contribution >= 0.6 is 0 Å². The quantitative estimate of drug-likeness (QED) is 0.864. The first-order chi connectivity index (χ1) is 12.4. The Labute approximate surface area is 151 Å². The molecule has 0 aromatic heterocycles. The summed E-state index contributed by atoms with van der Waals surface area (Å²) < 4.78 is 44.6. The topological polar surface area (TPSA) is 75.7 Å². The van der Waals surface area contributed by atoms with Crippen molar-refractivity contribution in [3.63, 3.8) is 0 Å². The first-order valence-electron chi connectivity index (χ1n) is 8.19. The van der Waals surface area contributed by atoms with Gasteiger partial charge in [0, 0.05) is 6.54 Å². The van der Waals surface area contributed by atoms with Crippen LogP contribution in [-0.4, -0.2) is 32.7 Å². The zero-order chi connectivity index (χ0) is 18.7. The zero-order valence-electron chi connectivity index (χ0n) is 14.2. The second-order valence-electron chi connectivity index (χ2n) is 5.85. The number of hydrogen-bond donors (Lipinski definition) is 1. The van der Waals surface area contributed by atoms with E-state index in [1.54, 1.807) is 43.3 Å². The summed E-state index contributed by atoms with van der Waals surface area (Å²) in [6, 6.07) is 12.5. The summed E-state index contributed by atoms with van der Waals surface area (Å²) in [5.74, 6) is -0.517. The Balaban J connectivity index is 1.76. The third kappa shape index (κ3) is 3.80. The highest BCUT2D eigenvalue weighted by Crippen LogP contribution is 2.35. The molecule has 0 bridgehead atoms. The van der Waals surface area contributed by atoms with Gasteiger partial charge in [0.15, 0.2) is 6.10 Å². The van der Waals surface area contributed by atoms with Crippen LogP contribution in [0.1, 0.15) is 12.5 Å². The maximum absolute atomic E-state index is 12.9. The Bertz CT molecular complexity index is 900. The number of carbonyl (C=O) groups is 1. The minimum atomic E-state index is -3.54. The zero-order valence-corrected chi connectivity index (χ0v) is 15.0. The van der Waals surface area contributed by atoms with Crippen LogP contribution in [0.5, 0.6) is 5.75 Å². The van der Waals surface area contributed by atoms with Crippen molar-refractivity contribution >= 4 is 21.6 Å². The molecule has 1 aliphatic rings. The number of anilines is 1. The molecule has 2 aromatic rings. The summed E-state index contributed by atoms with van der Waals surface area (Å²) in [5.41, 5.74) is 1.16. The first-order valence-corrected chi connectivity index (χ1v) is 9.80. The van der Waals surface area contributed by atoms with E-state index in [0.29, 0.717) is 11.4 Å². The van der Waals surface area contributed by atoms with Crippen LogP contribution in [0, 0.1) is 5.82 Å². The summed E-state index contributed by atoms with van der Waals surface area (Å²) in [4.78, 5) is 12.5. The molecule has 1 aliphatic heterocycles. The average Bonchev–Trinajstić information content (AvgIpc) is 2.66. The molecule has 2 aromatic carbocycles. The molecular formula is C18H19FN2O4S. The van der Waals surface area contributed by atoms with Crippen LogP contribution in [0.25, 0.3) is 0 Å². The fourth-order valence-electron chi connectivity index (χ4n) is 2.66. The van der Waals surface area contributed by atoms with Crippen molar-refractivity contribution in [3.05, 3.63) is 59.9 Å². The fourth-order valence-corrected chi connectivity index (χ4v) is 3.79. The SMILES string of the molecule is CCS(=O)(=O)N1C[C@@H](C(=O)NCc2ccc(F)cc2)Oc2ccccc21. The Kier molecular flexibility index (Phi) is 5.13. The molecule has 0 spiro atoms. The van der Waals surface area contributed by atoms with Crippen molar-refractivity contribution in [2.75, 3.05) is 16.6 Å². The number of rotatable bonds is 5. The van der Waals surface area contributed by atoms with Gasteiger partial charge in [-0.05, 0) is 36.8 Å². The minimum absolute atomic E-state index is 0.0781. The van der Waals surface area contributed by atoms with E-state index in [0.717, 1.165) is 5.56 Å². The Morgan fingerprint density at radius 1 is 1.23 bits per heavy atom. The predicted octanol–water partition coefficient (Wildman–Crippen LogP) is 2.06. The van der Waals surface area contributed by atoms with Gasteiger partial charge in [-0.15, -0.1) is 0 Å². The number of para-hydroxylation sites is 2. The molecule has 26 heavy (non-hydrogen) atoms. The number of sulfonamides is 1. The van der Waals surface area contributed by atoms with Gasteiger partial charge in [-0.1, -0.05) is 24.3 Å². The standard InChI is InChI=1S/C18H19FN2O4S/c1-2-26(23,24)21-12-17(25-16-6-4-3-5-15(16)21)18(22)20-11-13-7-9-14(19)10-8-13/h3-10,17H,2,11-12H2,1H3,(H,20,22)/t17-/m0/s1. The molecule has 6 nitrogen and oxygen atoms in total. The normalized spacial score (nSPS) is 16.5. The Morgan fingerprint density at radius 2 is 1.92 bits per heavy atom. The third-order valence-electron chi connectivity index (χ3n) is 4.11. The average molecular weight is 378 g/mol. The first kappa shape index (κ1) is 18.2. The van der Waals surface area contributed by atoms with Gasteiger partial charge in [-0.3, -0.25) is 9.10 Å². The highest BCUT2D eigenvalue weighted by Gasteiger charge is 2.35. The van der Waals surface area contributed by atoms with Crippen LogP contribution in [0.2, 0.25) is 0 Å². The van der Waals surface area contributed by atoms with Crippen molar-refractivity contribution in [3.8, 4) is 5.75 Å². The van der Waals surface area contributed by atoms with E-state index in [-0.39, 0.29) is 24.7 Å². The van der Waals surface area contributed by atoms with Crippen molar-refractivity contribution < 1.29 is 22.3 Å². The second kappa shape index (κ2) is 7.33. The van der Waals surface area contributed by atoms with Gasteiger partial charge < -0.3 is 10.1 Å². The number of nitrogens with zero attached hydrogens (tertiary/aromatic N) is 1. The molecule has 0 fully saturated rings. The molecule has 1 atom stereocenters. The second-order valence-corrected chi connectivity index (χ2v) is 8.03. The van der Waals surface area contributed by atoms with Crippen molar-refractivity contribution in [1.82, 2.24) is 5.32 Å². The number of carbonyl (C=O) groups excluding carboxylic acids is 1. The van der Waals surface area contributed by atoms with E-state index in [1.165, 1.54) is 16.4 Å². The van der Waals surface area contributed by atoms with Crippen molar-refractivity contribution in [1.29, 1.82) is 0 Å². The van der Waals surface area contributed by atoms with E-state index >= 15 is 0 Å². The number of fused-ring (bicyclic) bond motifs is 1. The number of benzene rings is 2. The summed E-state index contributed by atoms with van der Waals surface area (Å²) in [6.07, 6.45) is -0.966. The number of hydrogen-bond acceptors (Lipinski definition) is 4. The van der Waals surface area contributed by atoms with E-state index in [9.17, 15) is 17.6 Å². The lowest BCUT2D eigenvalue weighted by Crippen LogP contribution is -2.50. The number of ether oxygens (including phenoxy) is 1. The number of amides is 1. The molecule has 1 N–H and O–H groups in total. The highest BCUT2D eigenvalue weighted by atomic mass is 32.2. The molecular weight excluding hydrogens is 359 g/mol. The summed E-state index contributed by atoms with van der Waals surface area (Å²) in [5, 5.41) is 2.70. The lowest BCUT2D eigenvalue weighted by Gasteiger charge is -2.34. The van der Waals surface area contributed by atoms with E-state index < -0.39 is 22.0 Å². The predicted molar refractivity (Wildman–Crippen MR) is 95.9 cm³/mol. The van der Waals surface area contributed by atoms with E-state index in [2.05, 4.69) is 5.32 Å². The number of halogens is 1. The van der Waals surface area contributed by atoms with Crippen LogP contribution in [0.15, 0.2) is 48.5 Å². The molecule has 3 rings (SSSR count). The van der Waals surface area contributed by atoms with Gasteiger partial charge in [-0.2, -0.15) is 0 Å². The van der Waals surface area contributed by atoms with Crippen LogP contribution in [-0.2, 0) is 21.4 Å². The van der Waals surface area contributed by atoms with Gasteiger partial charge in [0.2, 0.25) is 10.0 Å². The van der Waals surface area contributed by atoms with Gasteiger partial charge in [0.1, 0.15) is 11.6 Å². The van der Waals surface area contributed by atoms with Gasteiger partial charge in [0.05, 0.1) is 18.0 Å². The highest BCUT2D eigenvalue weighted by molar-refractivity contribution is 7.92. The smallest absolute Gasteiger partial charge is 0.263 e. The van der Waals surface area contributed by atoms with Crippen LogP contribution in [0.4, 0.5) is 10.1 Å². The van der Waals surface area contributed by atoms with Crippen LogP contribution < -0.4 is 14.4 Å². The molecule has 1 heterocycles. The molecule has 0 saturated carbocycles. The van der Waals surface area contributed by atoms with Crippen LogP contribution in [0.3, 0.4) is 0 Å². The molecule has 1 amide bonds. The van der Waals surface area contributed by atoms with Gasteiger partial charge in [-0.25, -0.2) is 12.8 Å². The van der Waals surface area contributed by atoms with Gasteiger partial charge >= 0.3 is 0 Å². The third-order valence-corrected chi connectivity index (χ3v) is 5.85. The molecule has 0 aliphatic carbocycles. The lowest BCUT2D eigenvalue weighted by atomic mass is 10.2. The molecule has 138 valence electrons. The Morgan fingerprint density at radius 3 is 2.62 bits per heavy atom. The number of nitrogens with one attached hydrogen (secondary N) is 1. The van der Waals surface area contributed by atoms with Crippen molar-refractivity contribution in [2.24, 2.45) is 0 Å². The van der Waals surface area contributed by atoms with E-state index in [4.69, 9.17) is 4.74 Å². The maximum atomic E-state index is 12.9.